The van der Waals surface area contributed by atoms with Gasteiger partial charge in [-0.15, -0.1) is 0 Å². The normalized spacial score (nSPS) is 24.4. The predicted molar refractivity (Wildman–Crippen MR) is 72.0 cm³/mol. The van der Waals surface area contributed by atoms with Crippen LogP contribution in [0.5, 0.6) is 5.75 Å². The van der Waals surface area contributed by atoms with Crippen molar-refractivity contribution in [1.82, 2.24) is 4.90 Å². The van der Waals surface area contributed by atoms with Crippen molar-refractivity contribution in [3.05, 3.63) is 29.8 Å². The van der Waals surface area contributed by atoms with Gasteiger partial charge in [-0.05, 0) is 19.1 Å². The first-order chi connectivity index (χ1) is 9.63. The van der Waals surface area contributed by atoms with Crippen LogP contribution in [-0.2, 0) is 4.74 Å². The number of likely N-dealkylation sites (tertiary alicyclic amines) is 1. The van der Waals surface area contributed by atoms with Gasteiger partial charge < -0.3 is 14.4 Å². The van der Waals surface area contributed by atoms with Crippen LogP contribution in [-0.4, -0.2) is 42.1 Å². The van der Waals surface area contributed by atoms with E-state index in [0.29, 0.717) is 43.9 Å². The quantitative estimate of drug-likeness (QED) is 0.789. The van der Waals surface area contributed by atoms with Crippen LogP contribution in [0.25, 0.3) is 0 Å². The maximum Gasteiger partial charge on any atom is 0.409 e. The molecule has 0 bridgehead atoms. The third-order valence-electron chi connectivity index (χ3n) is 3.84. The summed E-state index contributed by atoms with van der Waals surface area (Å²) in [6, 6.07) is 7.27. The van der Waals surface area contributed by atoms with Gasteiger partial charge in [-0.25, -0.2) is 4.79 Å². The summed E-state index contributed by atoms with van der Waals surface area (Å²) >= 11 is 0. The van der Waals surface area contributed by atoms with Gasteiger partial charge in [0.25, 0.3) is 0 Å². The number of nitrogens with zero attached hydrogens (tertiary/aromatic N) is 1. The summed E-state index contributed by atoms with van der Waals surface area (Å²) in [6.45, 7) is 3.10. The van der Waals surface area contributed by atoms with Crippen LogP contribution < -0.4 is 4.74 Å². The average molecular weight is 275 g/mol. The Hall–Kier alpha value is -2.04. The summed E-state index contributed by atoms with van der Waals surface area (Å²) in [7, 11) is 0. The summed E-state index contributed by atoms with van der Waals surface area (Å²) in [5, 5.41) is 0. The maximum absolute atomic E-state index is 12.2. The van der Waals surface area contributed by atoms with Crippen LogP contribution in [0.15, 0.2) is 24.3 Å². The molecule has 2 aliphatic heterocycles. The molecule has 1 aromatic rings. The Balaban J connectivity index is 1.80. The van der Waals surface area contributed by atoms with Crippen molar-refractivity contribution in [3.8, 4) is 5.75 Å². The molecule has 1 unspecified atom stereocenters. The Morgan fingerprint density at radius 3 is 3.05 bits per heavy atom. The standard InChI is InChI=1S/C15H17NO4/c1-2-19-14(18)16-8-7-15(10-16)9-12(17)11-5-3-4-6-13(11)20-15/h3-6H,2,7-10H2,1H3. The number of hydrogen-bond acceptors (Lipinski definition) is 4. The number of benzene rings is 1. The number of para-hydroxylation sites is 1. The fourth-order valence-electron chi connectivity index (χ4n) is 2.89. The van der Waals surface area contributed by atoms with Crippen LogP contribution in [0.4, 0.5) is 4.79 Å². The molecular formula is C15H17NO4. The molecule has 106 valence electrons. The first-order valence-corrected chi connectivity index (χ1v) is 6.86. The topological polar surface area (TPSA) is 55.8 Å². The van der Waals surface area contributed by atoms with E-state index in [0.717, 1.165) is 0 Å². The zero-order chi connectivity index (χ0) is 14.2. The second-order valence-corrected chi connectivity index (χ2v) is 5.25. The van der Waals surface area contributed by atoms with Gasteiger partial charge in [0.1, 0.15) is 11.4 Å². The highest BCUT2D eigenvalue weighted by molar-refractivity contribution is 6.00. The highest BCUT2D eigenvalue weighted by atomic mass is 16.6. The van der Waals surface area contributed by atoms with E-state index in [2.05, 4.69) is 0 Å². The maximum atomic E-state index is 12.2. The molecule has 0 aromatic heterocycles. The second-order valence-electron chi connectivity index (χ2n) is 5.25. The molecule has 0 N–H and O–H groups in total. The fourth-order valence-corrected chi connectivity index (χ4v) is 2.89. The van der Waals surface area contributed by atoms with E-state index in [1.807, 2.05) is 12.1 Å². The Morgan fingerprint density at radius 1 is 1.45 bits per heavy atom. The lowest BCUT2D eigenvalue weighted by Gasteiger charge is -2.34. The Bertz CT molecular complexity index is 557. The van der Waals surface area contributed by atoms with Crippen molar-refractivity contribution in [2.24, 2.45) is 0 Å². The van der Waals surface area contributed by atoms with Gasteiger partial charge in [-0.2, -0.15) is 0 Å². The number of hydrogen-bond donors (Lipinski definition) is 0. The van der Waals surface area contributed by atoms with Crippen molar-refractivity contribution < 1.29 is 19.1 Å². The van der Waals surface area contributed by atoms with Crippen molar-refractivity contribution in [2.75, 3.05) is 19.7 Å². The fraction of sp³-hybridized carbons (Fsp3) is 0.467. The van der Waals surface area contributed by atoms with Crippen LogP contribution in [0.1, 0.15) is 30.1 Å². The lowest BCUT2D eigenvalue weighted by Crippen LogP contribution is -2.45. The van der Waals surface area contributed by atoms with E-state index < -0.39 is 5.60 Å². The minimum absolute atomic E-state index is 0.0811. The number of rotatable bonds is 1. The van der Waals surface area contributed by atoms with E-state index >= 15 is 0 Å². The molecule has 3 rings (SSSR count). The van der Waals surface area contributed by atoms with E-state index in [1.165, 1.54) is 0 Å². The van der Waals surface area contributed by atoms with Crippen molar-refractivity contribution >= 4 is 11.9 Å². The highest BCUT2D eigenvalue weighted by Crippen LogP contribution is 2.38. The third kappa shape index (κ3) is 2.13. The molecule has 1 atom stereocenters. The monoisotopic (exact) mass is 275 g/mol. The van der Waals surface area contributed by atoms with Gasteiger partial charge in [-0.3, -0.25) is 4.79 Å². The molecular weight excluding hydrogens is 258 g/mol. The van der Waals surface area contributed by atoms with Gasteiger partial charge in [0.15, 0.2) is 5.78 Å². The zero-order valence-electron chi connectivity index (χ0n) is 11.4. The molecule has 2 heterocycles. The smallest absolute Gasteiger partial charge is 0.409 e. The molecule has 0 radical (unpaired) electrons. The molecule has 2 aliphatic rings. The number of fused-ring (bicyclic) bond motifs is 1. The van der Waals surface area contributed by atoms with Crippen LogP contribution in [0.2, 0.25) is 0 Å². The van der Waals surface area contributed by atoms with E-state index in [9.17, 15) is 9.59 Å². The van der Waals surface area contributed by atoms with Crippen LogP contribution >= 0.6 is 0 Å². The Morgan fingerprint density at radius 2 is 2.25 bits per heavy atom. The first kappa shape index (κ1) is 13.0. The van der Waals surface area contributed by atoms with Gasteiger partial charge in [-0.1, -0.05) is 12.1 Å². The molecule has 1 saturated heterocycles. The number of amides is 1. The minimum Gasteiger partial charge on any atom is -0.484 e. The van der Waals surface area contributed by atoms with Gasteiger partial charge in [0, 0.05) is 13.0 Å². The van der Waals surface area contributed by atoms with Crippen molar-refractivity contribution in [2.45, 2.75) is 25.4 Å². The Labute approximate surface area is 117 Å². The summed E-state index contributed by atoms with van der Waals surface area (Å²) < 4.78 is 11.0. The second kappa shape index (κ2) is 4.81. The first-order valence-electron chi connectivity index (χ1n) is 6.86. The summed E-state index contributed by atoms with van der Waals surface area (Å²) in [5.74, 6) is 0.701. The lowest BCUT2D eigenvalue weighted by atomic mass is 9.89. The summed E-state index contributed by atoms with van der Waals surface area (Å²) in [4.78, 5) is 25.6. The zero-order valence-corrected chi connectivity index (χ0v) is 11.4. The number of carbonyl (C=O) groups excluding carboxylic acids is 2. The van der Waals surface area contributed by atoms with E-state index in [-0.39, 0.29) is 11.9 Å². The summed E-state index contributed by atoms with van der Waals surface area (Å²) in [5.41, 5.74) is 0.0470. The number of ketones is 1. The number of carbonyl (C=O) groups is 2. The molecule has 5 heteroatoms. The SMILES string of the molecule is CCOC(=O)N1CCC2(CC(=O)c3ccccc3O2)C1. The van der Waals surface area contributed by atoms with Gasteiger partial charge in [0.05, 0.1) is 25.1 Å². The highest BCUT2D eigenvalue weighted by Gasteiger charge is 2.47. The minimum atomic E-state index is -0.585. The molecule has 5 nitrogen and oxygen atoms in total. The largest absolute Gasteiger partial charge is 0.484 e. The van der Waals surface area contributed by atoms with Gasteiger partial charge >= 0.3 is 6.09 Å². The number of ether oxygens (including phenoxy) is 2. The molecule has 1 amide bonds. The van der Waals surface area contributed by atoms with Crippen molar-refractivity contribution in [1.29, 1.82) is 0 Å². The van der Waals surface area contributed by atoms with Crippen molar-refractivity contribution in [3.63, 3.8) is 0 Å². The Kier molecular flexibility index (Phi) is 3.12. The summed E-state index contributed by atoms with van der Waals surface area (Å²) in [6.07, 6.45) is 0.644. The van der Waals surface area contributed by atoms with Crippen LogP contribution in [0, 0.1) is 0 Å². The van der Waals surface area contributed by atoms with E-state index in [1.54, 1.807) is 24.0 Å². The average Bonchev–Trinajstić information content (AvgIpc) is 2.83. The molecule has 1 spiro atoms. The molecule has 1 aromatic carbocycles. The molecule has 0 saturated carbocycles. The lowest BCUT2D eigenvalue weighted by molar-refractivity contribution is 0.0434. The molecule has 20 heavy (non-hydrogen) atoms. The van der Waals surface area contributed by atoms with Gasteiger partial charge in [0.2, 0.25) is 0 Å². The number of Topliss-reactive ketones (excluding diaryl/α,β-unsaturated/α-hetero) is 1. The van der Waals surface area contributed by atoms with E-state index in [4.69, 9.17) is 9.47 Å². The van der Waals surface area contributed by atoms with Crippen LogP contribution in [0.3, 0.4) is 0 Å². The predicted octanol–water partition coefficient (Wildman–Crippen LogP) is 2.25. The molecule has 0 aliphatic carbocycles. The third-order valence-corrected chi connectivity index (χ3v) is 3.84. The molecule has 1 fully saturated rings.